The average Bonchev–Trinajstić information content (AvgIpc) is 2.69. The molecule has 0 amide bonds. The summed E-state index contributed by atoms with van der Waals surface area (Å²) < 4.78 is 0. The highest BCUT2D eigenvalue weighted by Gasteiger charge is 2.61. The molecule has 0 bridgehead atoms. The largest absolute Gasteiger partial charge is 0.506 e. The summed E-state index contributed by atoms with van der Waals surface area (Å²) in [6, 6.07) is 7.37. The van der Waals surface area contributed by atoms with Gasteiger partial charge in [0.05, 0.1) is 0 Å². The van der Waals surface area contributed by atoms with Crippen LogP contribution in [0.25, 0.3) is 5.76 Å². The van der Waals surface area contributed by atoms with Crippen LogP contribution in [0.2, 0.25) is 0 Å². The van der Waals surface area contributed by atoms with Crippen LogP contribution in [0, 0.1) is 16.2 Å². The summed E-state index contributed by atoms with van der Waals surface area (Å²) in [5, 5.41) is 10.8. The number of hydrogen-bond acceptors (Lipinski definition) is 3. The van der Waals surface area contributed by atoms with Crippen molar-refractivity contribution in [3.8, 4) is 0 Å². The predicted molar refractivity (Wildman–Crippen MR) is 119 cm³/mol. The van der Waals surface area contributed by atoms with Gasteiger partial charge in [-0.25, -0.2) is 0 Å². The zero-order valence-corrected chi connectivity index (χ0v) is 19.8. The molecule has 0 aliphatic heterocycles. The van der Waals surface area contributed by atoms with E-state index in [9.17, 15) is 14.7 Å². The summed E-state index contributed by atoms with van der Waals surface area (Å²) in [7, 11) is 0. The van der Waals surface area contributed by atoms with Crippen molar-refractivity contribution in [2.75, 3.05) is 0 Å². The summed E-state index contributed by atoms with van der Waals surface area (Å²) in [5.41, 5.74) is -0.515. The van der Waals surface area contributed by atoms with Crippen LogP contribution in [-0.4, -0.2) is 16.7 Å². The summed E-state index contributed by atoms with van der Waals surface area (Å²) in [5.74, 6) is -0.760. The molecule has 3 heteroatoms. The summed E-state index contributed by atoms with van der Waals surface area (Å²) in [4.78, 5) is 26.2. The van der Waals surface area contributed by atoms with Crippen molar-refractivity contribution in [1.82, 2.24) is 0 Å². The maximum absolute atomic E-state index is 13.1. The maximum atomic E-state index is 13.1. The first kappa shape index (κ1) is 26.1. The number of aliphatic hydroxyl groups is 1. The van der Waals surface area contributed by atoms with E-state index in [-0.39, 0.29) is 22.9 Å². The lowest BCUT2D eigenvalue weighted by molar-refractivity contribution is -0.153. The Hall–Kier alpha value is -1.90. The molecule has 1 aromatic carbocycles. The number of aryl methyl sites for hydroxylation is 1. The fourth-order valence-electron chi connectivity index (χ4n) is 3.37. The Kier molecular flexibility index (Phi) is 8.89. The molecule has 28 heavy (non-hydrogen) atoms. The monoisotopic (exact) mass is 388 g/mol. The first-order valence-electron chi connectivity index (χ1n) is 10.5. The molecular formula is C25H40O3. The first-order valence-corrected chi connectivity index (χ1v) is 10.5. The first-order chi connectivity index (χ1) is 12.9. The number of benzene rings is 1. The number of aliphatic hydroxyl groups excluding tert-OH is 1. The predicted octanol–water partition coefficient (Wildman–Crippen LogP) is 6.80. The molecule has 0 aromatic heterocycles. The lowest BCUT2D eigenvalue weighted by atomic mass is 9.47. The van der Waals surface area contributed by atoms with Crippen LogP contribution in [0.15, 0.2) is 29.8 Å². The molecule has 1 aromatic rings. The van der Waals surface area contributed by atoms with Gasteiger partial charge in [0.25, 0.3) is 0 Å². The van der Waals surface area contributed by atoms with E-state index < -0.39 is 16.2 Å². The topological polar surface area (TPSA) is 54.4 Å². The number of carbonyl (C=O) groups is 2. The fraction of sp³-hybridized carbons (Fsp3) is 0.600. The normalized spacial score (nSPS) is 19.0. The van der Waals surface area contributed by atoms with E-state index >= 15 is 0 Å². The molecule has 1 fully saturated rings. The zero-order chi connectivity index (χ0) is 22.5. The third-order valence-electron chi connectivity index (χ3n) is 6.56. The number of Topliss-reactive ketones (excluding diaryl/α,β-unsaturated/α-hetero) is 2. The summed E-state index contributed by atoms with van der Waals surface area (Å²) in [6.07, 6.45) is 0.822. The molecule has 1 saturated carbocycles. The molecule has 0 saturated heterocycles. The maximum Gasteiger partial charge on any atom is 0.176 e. The molecule has 0 unspecified atom stereocenters. The minimum absolute atomic E-state index is 0.0578. The van der Waals surface area contributed by atoms with Gasteiger partial charge in [-0.05, 0) is 23.5 Å². The number of allylic oxidation sites excluding steroid dienone is 1. The van der Waals surface area contributed by atoms with Crippen molar-refractivity contribution < 1.29 is 14.7 Å². The van der Waals surface area contributed by atoms with Gasteiger partial charge in [0.15, 0.2) is 11.6 Å². The lowest BCUT2D eigenvalue weighted by Crippen LogP contribution is -2.58. The van der Waals surface area contributed by atoms with E-state index in [2.05, 4.69) is 0 Å². The van der Waals surface area contributed by atoms with Crippen LogP contribution in [-0.2, 0) is 16.0 Å². The molecular weight excluding hydrogens is 348 g/mol. The Morgan fingerprint density at radius 1 is 0.857 bits per heavy atom. The SMILES string of the molecule is CC.CC.CCc1cccc(C(O)=C2C(=O)C(C)(C)C(C)(C)C(C)(C)C2=O)c1. The van der Waals surface area contributed by atoms with Gasteiger partial charge in [-0.3, -0.25) is 9.59 Å². The second-order valence-electron chi connectivity index (χ2n) is 8.31. The smallest absolute Gasteiger partial charge is 0.176 e. The second-order valence-corrected chi connectivity index (χ2v) is 8.31. The Labute approximate surface area is 172 Å². The van der Waals surface area contributed by atoms with E-state index in [1.54, 1.807) is 6.07 Å². The molecule has 1 aliphatic rings. The summed E-state index contributed by atoms with van der Waals surface area (Å²) in [6.45, 7) is 21.4. The van der Waals surface area contributed by atoms with Crippen molar-refractivity contribution >= 4 is 17.3 Å². The third-order valence-corrected chi connectivity index (χ3v) is 6.56. The second kappa shape index (κ2) is 9.54. The molecule has 0 heterocycles. The van der Waals surface area contributed by atoms with Crippen molar-refractivity contribution in [3.05, 3.63) is 41.0 Å². The van der Waals surface area contributed by atoms with Gasteiger partial charge in [-0.1, -0.05) is 94.4 Å². The quantitative estimate of drug-likeness (QED) is 0.344. The minimum atomic E-state index is -0.754. The Morgan fingerprint density at radius 2 is 1.29 bits per heavy atom. The highest BCUT2D eigenvalue weighted by atomic mass is 16.3. The van der Waals surface area contributed by atoms with Crippen molar-refractivity contribution in [1.29, 1.82) is 0 Å². The van der Waals surface area contributed by atoms with Crippen molar-refractivity contribution in [3.63, 3.8) is 0 Å². The van der Waals surface area contributed by atoms with Crippen molar-refractivity contribution in [2.24, 2.45) is 16.2 Å². The molecule has 3 nitrogen and oxygen atoms in total. The molecule has 0 radical (unpaired) electrons. The van der Waals surface area contributed by atoms with Crippen LogP contribution in [0.1, 0.15) is 87.3 Å². The standard InChI is InChI=1S/C21H28O3.2C2H6/c1-8-13-10-9-11-14(12-13)16(22)15-17(23)19(2,3)21(6,7)20(4,5)18(15)24;2*1-2/h9-12,22H,8H2,1-7H3;2*1-2H3. The van der Waals surface area contributed by atoms with Gasteiger partial charge in [0, 0.05) is 16.4 Å². The van der Waals surface area contributed by atoms with E-state index in [4.69, 9.17) is 0 Å². The number of rotatable bonds is 2. The van der Waals surface area contributed by atoms with Crippen LogP contribution < -0.4 is 0 Å². The molecule has 1 aliphatic carbocycles. The van der Waals surface area contributed by atoms with Crippen molar-refractivity contribution in [2.45, 2.75) is 82.6 Å². The Morgan fingerprint density at radius 3 is 1.68 bits per heavy atom. The number of ketones is 2. The van der Waals surface area contributed by atoms with E-state index in [1.165, 1.54) is 0 Å². The Balaban J connectivity index is 0.00000171. The fourth-order valence-corrected chi connectivity index (χ4v) is 3.37. The van der Waals surface area contributed by atoms with E-state index in [1.807, 2.05) is 94.4 Å². The van der Waals surface area contributed by atoms with Crippen LogP contribution in [0.4, 0.5) is 0 Å². The Bertz CT molecular complexity index is 702. The van der Waals surface area contributed by atoms with E-state index in [0.717, 1.165) is 12.0 Å². The molecule has 2 rings (SSSR count). The van der Waals surface area contributed by atoms with Gasteiger partial charge in [-0.15, -0.1) is 0 Å². The highest BCUT2D eigenvalue weighted by molar-refractivity contribution is 6.29. The number of hydrogen-bond donors (Lipinski definition) is 1. The van der Waals surface area contributed by atoms with Crippen LogP contribution in [0.5, 0.6) is 0 Å². The van der Waals surface area contributed by atoms with Gasteiger partial charge < -0.3 is 5.11 Å². The minimum Gasteiger partial charge on any atom is -0.506 e. The third kappa shape index (κ3) is 4.09. The van der Waals surface area contributed by atoms with Gasteiger partial charge in [-0.2, -0.15) is 0 Å². The van der Waals surface area contributed by atoms with Gasteiger partial charge in [0.1, 0.15) is 11.3 Å². The average molecular weight is 389 g/mol. The molecule has 1 N–H and O–H groups in total. The van der Waals surface area contributed by atoms with Crippen LogP contribution >= 0.6 is 0 Å². The van der Waals surface area contributed by atoms with Gasteiger partial charge in [0.2, 0.25) is 0 Å². The molecule has 158 valence electrons. The lowest BCUT2D eigenvalue weighted by Gasteiger charge is -2.54. The molecule has 0 spiro atoms. The van der Waals surface area contributed by atoms with Crippen LogP contribution in [0.3, 0.4) is 0 Å². The zero-order valence-electron chi connectivity index (χ0n) is 19.8. The van der Waals surface area contributed by atoms with E-state index in [0.29, 0.717) is 5.56 Å². The van der Waals surface area contributed by atoms with Gasteiger partial charge >= 0.3 is 0 Å². The number of carbonyl (C=O) groups excluding carboxylic acids is 2. The molecule has 0 atom stereocenters. The highest BCUT2D eigenvalue weighted by Crippen LogP contribution is 2.58. The summed E-state index contributed by atoms with van der Waals surface area (Å²) >= 11 is 0.